The second kappa shape index (κ2) is 2.24. The quantitative estimate of drug-likeness (QED) is 0.587. The van der Waals surface area contributed by atoms with Crippen LogP contribution in [0.25, 0.3) is 11.0 Å². The molecule has 0 aliphatic heterocycles. The van der Waals surface area contributed by atoms with Crippen molar-refractivity contribution in [2.75, 3.05) is 0 Å². The zero-order chi connectivity index (χ0) is 7.84. The maximum absolute atomic E-state index is 5.94. The molecule has 0 saturated carbocycles. The summed E-state index contributed by atoms with van der Waals surface area (Å²) in [5, 5.41) is 0.752. The van der Waals surface area contributed by atoms with Gasteiger partial charge in [-0.2, -0.15) is 0 Å². The summed E-state index contributed by atoms with van der Waals surface area (Å²) in [5.74, 6) is 0. The van der Waals surface area contributed by atoms with Gasteiger partial charge in [0.1, 0.15) is 0 Å². The second-order valence-corrected chi connectivity index (χ2v) is 2.86. The zero-order valence-corrected chi connectivity index (χ0v) is 6.84. The number of hydrogen-bond acceptors (Lipinski definition) is 1. The average Bonchev–Trinajstić information content (AvgIpc) is 2.34. The van der Waals surface area contributed by atoms with Gasteiger partial charge in [-0.25, -0.2) is 0 Å². The molecule has 0 atom stereocenters. The van der Waals surface area contributed by atoms with Crippen molar-refractivity contribution in [3.63, 3.8) is 0 Å². The normalized spacial score (nSPS) is 10.7. The Bertz CT molecular complexity index is 392. The lowest BCUT2D eigenvalue weighted by Crippen LogP contribution is -1.85. The van der Waals surface area contributed by atoms with Crippen LogP contribution in [-0.4, -0.2) is 9.55 Å². The second-order valence-electron chi connectivity index (χ2n) is 2.45. The maximum Gasteiger partial charge on any atom is 0.0896 e. The van der Waals surface area contributed by atoms with Gasteiger partial charge in [0.15, 0.2) is 0 Å². The molecule has 0 aromatic carbocycles. The summed E-state index contributed by atoms with van der Waals surface area (Å²) in [4.78, 5) is 4.16. The lowest BCUT2D eigenvalue weighted by Gasteiger charge is -1.96. The Morgan fingerprint density at radius 3 is 3.00 bits per heavy atom. The average molecular weight is 167 g/mol. The topological polar surface area (TPSA) is 17.8 Å². The number of rotatable bonds is 0. The van der Waals surface area contributed by atoms with E-state index < -0.39 is 0 Å². The minimum absolute atomic E-state index is 0.752. The van der Waals surface area contributed by atoms with Crippen molar-refractivity contribution in [1.29, 1.82) is 0 Å². The fraction of sp³-hybridized carbons (Fsp3) is 0.125. The third-order valence-corrected chi connectivity index (χ3v) is 2.02. The number of pyridine rings is 1. The molecule has 2 nitrogen and oxygen atoms in total. The van der Waals surface area contributed by atoms with E-state index in [2.05, 4.69) is 4.98 Å². The summed E-state index contributed by atoms with van der Waals surface area (Å²) >= 11 is 5.94. The fourth-order valence-corrected chi connectivity index (χ4v) is 1.46. The summed E-state index contributed by atoms with van der Waals surface area (Å²) in [6, 6.07) is 3.74. The van der Waals surface area contributed by atoms with E-state index in [0.717, 1.165) is 16.1 Å². The van der Waals surface area contributed by atoms with Gasteiger partial charge in [-0.05, 0) is 12.1 Å². The lowest BCUT2D eigenvalue weighted by atomic mass is 10.4. The Morgan fingerprint density at radius 1 is 1.45 bits per heavy atom. The Balaban J connectivity index is 2.96. The molecule has 56 valence electrons. The van der Waals surface area contributed by atoms with E-state index in [9.17, 15) is 0 Å². The third-order valence-electron chi connectivity index (χ3n) is 1.71. The molecule has 11 heavy (non-hydrogen) atoms. The van der Waals surface area contributed by atoms with E-state index in [1.54, 1.807) is 12.3 Å². The molecule has 0 saturated heterocycles. The predicted octanol–water partition coefficient (Wildman–Crippen LogP) is 2.23. The van der Waals surface area contributed by atoms with Crippen molar-refractivity contribution in [2.24, 2.45) is 7.05 Å². The molecule has 0 aliphatic rings. The number of hydrogen-bond donors (Lipinski definition) is 0. The molecule has 0 bridgehead atoms. The van der Waals surface area contributed by atoms with Crippen LogP contribution in [0.4, 0.5) is 0 Å². The Labute approximate surface area is 69.4 Å². The largest absolute Gasteiger partial charge is 0.348 e. The lowest BCUT2D eigenvalue weighted by molar-refractivity contribution is 0.968. The number of aromatic nitrogens is 2. The van der Waals surface area contributed by atoms with E-state index in [0.29, 0.717) is 0 Å². The van der Waals surface area contributed by atoms with Gasteiger partial charge in [-0.3, -0.25) is 4.98 Å². The first-order valence-electron chi connectivity index (χ1n) is 3.34. The van der Waals surface area contributed by atoms with Gasteiger partial charge in [0.25, 0.3) is 0 Å². The Kier molecular flexibility index (Phi) is 1.36. The summed E-state index contributed by atoms with van der Waals surface area (Å²) in [5.41, 5.74) is 1.94. The molecule has 0 radical (unpaired) electrons. The molecule has 0 aliphatic carbocycles. The molecule has 0 fully saturated rings. The first kappa shape index (κ1) is 6.68. The van der Waals surface area contributed by atoms with Crippen LogP contribution in [0.3, 0.4) is 0 Å². The first-order chi connectivity index (χ1) is 5.29. The van der Waals surface area contributed by atoms with Crippen molar-refractivity contribution < 1.29 is 0 Å². The predicted molar refractivity (Wildman–Crippen MR) is 45.7 cm³/mol. The van der Waals surface area contributed by atoms with Crippen LogP contribution in [0.1, 0.15) is 0 Å². The van der Waals surface area contributed by atoms with Crippen LogP contribution in [0.15, 0.2) is 24.5 Å². The van der Waals surface area contributed by atoms with Crippen LogP contribution in [0, 0.1) is 0 Å². The Hall–Kier alpha value is -1.02. The van der Waals surface area contributed by atoms with E-state index in [4.69, 9.17) is 11.6 Å². The van der Waals surface area contributed by atoms with Crippen LogP contribution in [0.5, 0.6) is 0 Å². The van der Waals surface area contributed by atoms with Crippen molar-refractivity contribution >= 4 is 22.6 Å². The van der Waals surface area contributed by atoms with E-state index in [1.807, 2.05) is 23.9 Å². The van der Waals surface area contributed by atoms with E-state index in [1.165, 1.54) is 0 Å². The first-order valence-corrected chi connectivity index (χ1v) is 3.72. The highest BCUT2D eigenvalue weighted by Crippen LogP contribution is 2.20. The van der Waals surface area contributed by atoms with E-state index in [-0.39, 0.29) is 0 Å². The molecule has 3 heteroatoms. The van der Waals surface area contributed by atoms with Crippen molar-refractivity contribution in [3.05, 3.63) is 29.5 Å². The van der Waals surface area contributed by atoms with Gasteiger partial charge >= 0.3 is 0 Å². The molecule has 2 aromatic rings. The van der Waals surface area contributed by atoms with Crippen molar-refractivity contribution in [2.45, 2.75) is 0 Å². The smallest absolute Gasteiger partial charge is 0.0896 e. The monoisotopic (exact) mass is 166 g/mol. The third kappa shape index (κ3) is 0.906. The number of nitrogens with zero attached hydrogens (tertiary/aromatic N) is 2. The molecular weight excluding hydrogens is 160 g/mol. The van der Waals surface area contributed by atoms with Gasteiger partial charge in [-0.1, -0.05) is 11.6 Å². The molecule has 0 unspecified atom stereocenters. The molecule has 0 amide bonds. The fourth-order valence-electron chi connectivity index (χ4n) is 1.17. The highest BCUT2D eigenvalue weighted by Gasteiger charge is 2.01. The molecule has 2 heterocycles. The van der Waals surface area contributed by atoms with Crippen LogP contribution < -0.4 is 0 Å². The van der Waals surface area contributed by atoms with Gasteiger partial charge in [-0.15, -0.1) is 0 Å². The van der Waals surface area contributed by atoms with Crippen molar-refractivity contribution in [1.82, 2.24) is 9.55 Å². The summed E-state index contributed by atoms with van der Waals surface area (Å²) in [7, 11) is 1.95. The van der Waals surface area contributed by atoms with Crippen LogP contribution >= 0.6 is 11.6 Å². The highest BCUT2D eigenvalue weighted by atomic mass is 35.5. The van der Waals surface area contributed by atoms with Gasteiger partial charge < -0.3 is 4.57 Å². The molecule has 0 N–H and O–H groups in total. The van der Waals surface area contributed by atoms with Gasteiger partial charge in [0.2, 0.25) is 0 Å². The number of halogens is 1. The van der Waals surface area contributed by atoms with Crippen molar-refractivity contribution in [3.8, 4) is 0 Å². The SMILES string of the molecule is Cn1ccc2nccc(Cl)c21. The van der Waals surface area contributed by atoms with Gasteiger partial charge in [0.05, 0.1) is 16.1 Å². The summed E-state index contributed by atoms with van der Waals surface area (Å²) < 4.78 is 1.96. The molecule has 2 aromatic heterocycles. The van der Waals surface area contributed by atoms with E-state index >= 15 is 0 Å². The van der Waals surface area contributed by atoms with Gasteiger partial charge in [0, 0.05) is 19.4 Å². The van der Waals surface area contributed by atoms with Crippen LogP contribution in [0.2, 0.25) is 5.02 Å². The minimum Gasteiger partial charge on any atom is -0.348 e. The molecule has 0 spiro atoms. The number of aryl methyl sites for hydroxylation is 1. The minimum atomic E-state index is 0.752. The number of fused-ring (bicyclic) bond motifs is 1. The highest BCUT2D eigenvalue weighted by molar-refractivity contribution is 6.34. The Morgan fingerprint density at radius 2 is 2.27 bits per heavy atom. The molecular formula is C8H7ClN2. The standard InChI is InChI=1S/C8H7ClN2/c1-11-5-3-7-8(11)6(9)2-4-10-7/h2-5H,1H3. The summed E-state index contributed by atoms with van der Waals surface area (Å²) in [6.07, 6.45) is 3.66. The zero-order valence-electron chi connectivity index (χ0n) is 6.08. The summed E-state index contributed by atoms with van der Waals surface area (Å²) in [6.45, 7) is 0. The molecule has 2 rings (SSSR count). The maximum atomic E-state index is 5.94. The van der Waals surface area contributed by atoms with Crippen LogP contribution in [-0.2, 0) is 7.05 Å².